The van der Waals surface area contributed by atoms with Gasteiger partial charge in [-0.15, -0.1) is 0 Å². The van der Waals surface area contributed by atoms with Crippen LogP contribution in [0.15, 0.2) is 4.99 Å². The fraction of sp³-hybridized carbons (Fsp3) is 0.895. The lowest BCUT2D eigenvalue weighted by Crippen LogP contribution is -2.41. The lowest BCUT2D eigenvalue weighted by molar-refractivity contribution is -0.140. The molecular formula is C19H35N3O2. The molecule has 0 radical (unpaired) electrons. The molecule has 0 aromatic rings. The molecule has 1 saturated heterocycles. The Morgan fingerprint density at radius 3 is 2.67 bits per heavy atom. The van der Waals surface area contributed by atoms with E-state index in [1.165, 1.54) is 52.2 Å². The minimum Gasteiger partial charge on any atom is -0.469 e. The van der Waals surface area contributed by atoms with Crippen molar-refractivity contribution in [2.45, 2.75) is 71.1 Å². The molecule has 2 aliphatic rings. The minimum atomic E-state index is -0.110. The average molecular weight is 338 g/mol. The molecule has 24 heavy (non-hydrogen) atoms. The summed E-state index contributed by atoms with van der Waals surface area (Å²) in [5, 5.41) is 3.47. The Morgan fingerprint density at radius 2 is 1.96 bits per heavy atom. The number of nitrogens with one attached hydrogen (secondary N) is 1. The molecule has 0 bridgehead atoms. The van der Waals surface area contributed by atoms with Gasteiger partial charge in [-0.05, 0) is 44.4 Å². The summed E-state index contributed by atoms with van der Waals surface area (Å²) in [4.78, 5) is 18.4. The van der Waals surface area contributed by atoms with E-state index in [0.717, 1.165) is 44.9 Å². The number of rotatable bonds is 7. The summed E-state index contributed by atoms with van der Waals surface area (Å²) in [6, 6.07) is 0. The van der Waals surface area contributed by atoms with Crippen LogP contribution in [0.4, 0.5) is 0 Å². The van der Waals surface area contributed by atoms with Crippen molar-refractivity contribution in [3.63, 3.8) is 0 Å². The fourth-order valence-electron chi connectivity index (χ4n) is 4.10. The smallest absolute Gasteiger partial charge is 0.305 e. The molecular weight excluding hydrogens is 302 g/mol. The maximum atomic E-state index is 11.1. The van der Waals surface area contributed by atoms with E-state index in [-0.39, 0.29) is 5.97 Å². The molecule has 1 heterocycles. The third-order valence-corrected chi connectivity index (χ3v) is 5.52. The van der Waals surface area contributed by atoms with Gasteiger partial charge < -0.3 is 15.0 Å². The molecule has 0 aromatic heterocycles. The number of carbonyl (C=O) groups excluding carboxylic acids is 1. The molecule has 2 fully saturated rings. The second-order valence-corrected chi connectivity index (χ2v) is 7.35. The van der Waals surface area contributed by atoms with E-state index < -0.39 is 0 Å². The summed E-state index contributed by atoms with van der Waals surface area (Å²) in [7, 11) is 1.45. The third kappa shape index (κ3) is 5.67. The zero-order valence-corrected chi connectivity index (χ0v) is 15.6. The van der Waals surface area contributed by atoms with Crippen molar-refractivity contribution in [1.82, 2.24) is 10.2 Å². The van der Waals surface area contributed by atoms with Crippen LogP contribution in [0.1, 0.15) is 71.1 Å². The van der Waals surface area contributed by atoms with Gasteiger partial charge in [0.15, 0.2) is 5.96 Å². The summed E-state index contributed by atoms with van der Waals surface area (Å²) in [5.74, 6) is 0.981. The quantitative estimate of drug-likeness (QED) is 0.335. The predicted molar refractivity (Wildman–Crippen MR) is 98.2 cm³/mol. The highest BCUT2D eigenvalue weighted by Crippen LogP contribution is 2.43. The fourth-order valence-corrected chi connectivity index (χ4v) is 4.10. The number of unbranched alkanes of at least 4 members (excludes halogenated alkanes) is 2. The average Bonchev–Trinajstić information content (AvgIpc) is 3.00. The number of carbonyl (C=O) groups is 1. The van der Waals surface area contributed by atoms with Gasteiger partial charge in [0, 0.05) is 32.6 Å². The number of esters is 1. The molecule has 0 aromatic carbocycles. The van der Waals surface area contributed by atoms with E-state index >= 15 is 0 Å². The van der Waals surface area contributed by atoms with Crippen LogP contribution >= 0.6 is 0 Å². The van der Waals surface area contributed by atoms with Crippen LogP contribution in [0.25, 0.3) is 0 Å². The van der Waals surface area contributed by atoms with Crippen LogP contribution in [0.3, 0.4) is 0 Å². The van der Waals surface area contributed by atoms with Crippen molar-refractivity contribution < 1.29 is 9.53 Å². The van der Waals surface area contributed by atoms with Crippen molar-refractivity contribution in [2.75, 3.05) is 33.3 Å². The monoisotopic (exact) mass is 337 g/mol. The van der Waals surface area contributed by atoms with Crippen molar-refractivity contribution in [3.05, 3.63) is 0 Å². The second-order valence-electron chi connectivity index (χ2n) is 7.35. The second kappa shape index (κ2) is 9.90. The Morgan fingerprint density at radius 1 is 1.17 bits per heavy atom. The molecule has 2 rings (SSSR count). The molecule has 138 valence electrons. The topological polar surface area (TPSA) is 53.9 Å². The zero-order valence-electron chi connectivity index (χ0n) is 15.6. The van der Waals surface area contributed by atoms with Crippen LogP contribution in [0.5, 0.6) is 0 Å². The number of guanidine groups is 1. The summed E-state index contributed by atoms with van der Waals surface area (Å²) < 4.78 is 4.67. The molecule has 0 amide bonds. The molecule has 0 unspecified atom stereocenters. The maximum absolute atomic E-state index is 11.1. The Kier molecular flexibility index (Phi) is 7.86. The summed E-state index contributed by atoms with van der Waals surface area (Å²) >= 11 is 0. The van der Waals surface area contributed by atoms with Gasteiger partial charge in [-0.2, -0.15) is 0 Å². The van der Waals surface area contributed by atoms with Gasteiger partial charge in [-0.25, -0.2) is 0 Å². The number of methoxy groups -OCH3 is 1. The van der Waals surface area contributed by atoms with E-state index in [9.17, 15) is 4.79 Å². The van der Waals surface area contributed by atoms with Gasteiger partial charge in [0.2, 0.25) is 0 Å². The van der Waals surface area contributed by atoms with Crippen LogP contribution < -0.4 is 5.32 Å². The van der Waals surface area contributed by atoms with Crippen molar-refractivity contribution in [1.29, 1.82) is 0 Å². The number of aliphatic imine (C=N–C) groups is 1. The van der Waals surface area contributed by atoms with Gasteiger partial charge >= 0.3 is 5.97 Å². The van der Waals surface area contributed by atoms with Gasteiger partial charge in [-0.3, -0.25) is 9.79 Å². The van der Waals surface area contributed by atoms with Crippen LogP contribution in [-0.2, 0) is 9.53 Å². The standard InChI is InChI=1S/C19H35N3O2/c1-3-20-18(21-14-9-4-6-10-17(23)24-2)22-15-13-19(16-22)11-7-5-8-12-19/h3-16H2,1-2H3,(H,20,21). The maximum Gasteiger partial charge on any atom is 0.305 e. The first-order chi connectivity index (χ1) is 11.7. The molecule has 1 N–H and O–H groups in total. The number of hydrogen-bond acceptors (Lipinski definition) is 3. The van der Waals surface area contributed by atoms with E-state index in [0.29, 0.717) is 11.8 Å². The first-order valence-electron chi connectivity index (χ1n) is 9.79. The van der Waals surface area contributed by atoms with Gasteiger partial charge in [-0.1, -0.05) is 25.7 Å². The van der Waals surface area contributed by atoms with E-state index in [1.807, 2.05) is 0 Å². The van der Waals surface area contributed by atoms with Crippen LogP contribution in [0, 0.1) is 5.41 Å². The molecule has 1 spiro atoms. The molecule has 1 saturated carbocycles. The number of ether oxygens (including phenoxy) is 1. The molecule has 1 aliphatic heterocycles. The normalized spacial score (nSPS) is 20.4. The minimum absolute atomic E-state index is 0.110. The lowest BCUT2D eigenvalue weighted by Gasteiger charge is -2.33. The van der Waals surface area contributed by atoms with Gasteiger partial charge in [0.1, 0.15) is 0 Å². The van der Waals surface area contributed by atoms with Crippen molar-refractivity contribution >= 4 is 11.9 Å². The summed E-state index contributed by atoms with van der Waals surface area (Å²) in [6.45, 7) is 6.23. The highest BCUT2D eigenvalue weighted by molar-refractivity contribution is 5.80. The van der Waals surface area contributed by atoms with Gasteiger partial charge in [0.25, 0.3) is 0 Å². The van der Waals surface area contributed by atoms with Crippen LogP contribution in [-0.4, -0.2) is 50.1 Å². The number of nitrogens with zero attached hydrogens (tertiary/aromatic N) is 2. The molecule has 5 nitrogen and oxygen atoms in total. The van der Waals surface area contributed by atoms with Gasteiger partial charge in [0.05, 0.1) is 7.11 Å². The van der Waals surface area contributed by atoms with Crippen molar-refractivity contribution in [3.8, 4) is 0 Å². The summed E-state index contributed by atoms with van der Waals surface area (Å²) in [6.07, 6.45) is 11.8. The molecule has 1 aliphatic carbocycles. The van der Waals surface area contributed by atoms with E-state index in [1.54, 1.807) is 0 Å². The first-order valence-corrected chi connectivity index (χ1v) is 9.79. The Hall–Kier alpha value is -1.26. The first kappa shape index (κ1) is 19.1. The zero-order chi connectivity index (χ0) is 17.3. The van der Waals surface area contributed by atoms with Crippen molar-refractivity contribution in [2.24, 2.45) is 10.4 Å². The molecule has 0 atom stereocenters. The van der Waals surface area contributed by atoms with E-state index in [2.05, 4.69) is 21.9 Å². The molecule has 5 heteroatoms. The summed E-state index contributed by atoms with van der Waals surface area (Å²) in [5.41, 5.74) is 0.564. The largest absolute Gasteiger partial charge is 0.469 e. The highest BCUT2D eigenvalue weighted by atomic mass is 16.5. The lowest BCUT2D eigenvalue weighted by atomic mass is 9.73. The predicted octanol–water partition coefficient (Wildman–Crippen LogP) is 3.34. The Balaban J connectivity index is 1.75. The van der Waals surface area contributed by atoms with Crippen LogP contribution in [0.2, 0.25) is 0 Å². The SMILES string of the molecule is CCNC(=NCCCCCC(=O)OC)N1CCC2(CCCCC2)C1. The van der Waals surface area contributed by atoms with E-state index in [4.69, 9.17) is 4.99 Å². The Labute approximate surface area is 147 Å². The number of likely N-dealkylation sites (tertiary alicyclic amines) is 1. The highest BCUT2D eigenvalue weighted by Gasteiger charge is 2.39. The number of hydrogen-bond donors (Lipinski definition) is 1. The third-order valence-electron chi connectivity index (χ3n) is 5.52. The Bertz CT molecular complexity index is 417.